The zero-order chi connectivity index (χ0) is 32.2. The van der Waals surface area contributed by atoms with Gasteiger partial charge in [0.2, 0.25) is 5.75 Å². The van der Waals surface area contributed by atoms with Gasteiger partial charge in [-0.3, -0.25) is 9.59 Å². The largest absolute Gasteiger partial charge is 0.490 e. The Bertz CT molecular complexity index is 1630. The minimum atomic E-state index is -4.28. The van der Waals surface area contributed by atoms with Crippen LogP contribution in [0.5, 0.6) is 11.5 Å². The van der Waals surface area contributed by atoms with E-state index in [2.05, 4.69) is 39.5 Å². The van der Waals surface area contributed by atoms with Gasteiger partial charge in [-0.2, -0.15) is 8.42 Å². The van der Waals surface area contributed by atoms with Crippen LogP contribution < -0.4 is 8.92 Å². The van der Waals surface area contributed by atoms with Gasteiger partial charge in [0.15, 0.2) is 17.3 Å². The van der Waals surface area contributed by atoms with Gasteiger partial charge in [0.25, 0.3) is 0 Å². The van der Waals surface area contributed by atoms with Gasteiger partial charge in [-0.05, 0) is 79.0 Å². The minimum absolute atomic E-state index is 0.00375. The number of Topliss-reactive ketones (excluding diaryl/α,β-unsaturated/α-hetero) is 2. The summed E-state index contributed by atoms with van der Waals surface area (Å²) in [5.41, 5.74) is 3.27. The number of ketones is 2. The normalized spacial score (nSPS) is 20.0. The lowest BCUT2D eigenvalue weighted by atomic mass is 9.63. The molecule has 0 N–H and O–H groups in total. The minimum Gasteiger partial charge on any atom is -0.490 e. The average molecular weight is 661 g/mol. The summed E-state index contributed by atoms with van der Waals surface area (Å²) in [6.07, 6.45) is 2.97. The molecule has 44 heavy (non-hydrogen) atoms. The number of allylic oxidation sites excluding steroid dienone is 4. The summed E-state index contributed by atoms with van der Waals surface area (Å²) < 4.78 is 37.8. The van der Waals surface area contributed by atoms with Crippen LogP contribution in [-0.2, 0) is 19.7 Å². The number of carbonyl (C=O) groups is 2. The maximum atomic E-state index is 14.0. The van der Waals surface area contributed by atoms with Crippen molar-refractivity contribution in [1.29, 1.82) is 0 Å². The zero-order valence-electron chi connectivity index (χ0n) is 26.1. The second-order valence-electron chi connectivity index (χ2n) is 13.4. The van der Waals surface area contributed by atoms with Crippen LogP contribution in [0.4, 0.5) is 0 Å². The number of nitrogens with zero attached hydrogens (tertiary/aromatic N) is 1. The summed E-state index contributed by atoms with van der Waals surface area (Å²) in [6, 6.07) is 8.87. The molecule has 1 aliphatic heterocycles. The number of hydrogen-bond donors (Lipinski definition) is 0. The first kappa shape index (κ1) is 32.6. The standard InChI is InChI=1S/C34H39Cl2NO6S/c1-7-13-37-24-16-33(3,4)18-26(38)30(24)29(31-25(37)17-34(5,6)19-27(31)39)20-14-23(36)32(28(15-20)42-8-2)43-44(40,41)22-11-9-21(35)10-12-22/h9-12,14-15,29H,7-8,13,16-19H2,1-6H3. The summed E-state index contributed by atoms with van der Waals surface area (Å²) >= 11 is 12.7. The molecule has 0 atom stereocenters. The molecule has 0 aromatic heterocycles. The lowest BCUT2D eigenvalue weighted by molar-refractivity contribution is -0.119. The second kappa shape index (κ2) is 11.8. The Kier molecular flexibility index (Phi) is 8.77. The average Bonchev–Trinajstić information content (AvgIpc) is 2.90. The Balaban J connectivity index is 1.71. The quantitative estimate of drug-likeness (QED) is 0.264. The number of hydrogen-bond acceptors (Lipinski definition) is 7. The van der Waals surface area contributed by atoms with Crippen LogP contribution in [0.25, 0.3) is 0 Å². The van der Waals surface area contributed by atoms with E-state index >= 15 is 0 Å². The van der Waals surface area contributed by atoms with E-state index in [0.29, 0.717) is 54.0 Å². The van der Waals surface area contributed by atoms with E-state index in [-0.39, 0.29) is 50.4 Å². The molecule has 0 unspecified atom stereocenters. The summed E-state index contributed by atoms with van der Waals surface area (Å²) in [4.78, 5) is 30.2. The molecule has 0 fully saturated rings. The van der Waals surface area contributed by atoms with Crippen molar-refractivity contribution < 1.29 is 26.9 Å². The van der Waals surface area contributed by atoms with Gasteiger partial charge < -0.3 is 13.8 Å². The van der Waals surface area contributed by atoms with Gasteiger partial charge in [0, 0.05) is 52.9 Å². The summed E-state index contributed by atoms with van der Waals surface area (Å²) in [7, 11) is -4.28. The molecule has 0 spiro atoms. The van der Waals surface area contributed by atoms with Crippen molar-refractivity contribution in [2.45, 2.75) is 84.5 Å². The van der Waals surface area contributed by atoms with Gasteiger partial charge in [0.1, 0.15) is 4.90 Å². The van der Waals surface area contributed by atoms with Crippen molar-refractivity contribution in [3.63, 3.8) is 0 Å². The number of benzene rings is 2. The number of ether oxygens (including phenoxy) is 1. The van der Waals surface area contributed by atoms with Crippen molar-refractivity contribution >= 4 is 44.9 Å². The first-order chi connectivity index (χ1) is 20.6. The molecule has 0 saturated heterocycles. The molecule has 0 radical (unpaired) electrons. The van der Waals surface area contributed by atoms with Gasteiger partial charge in [-0.1, -0.05) is 57.8 Å². The Labute approximate surface area is 270 Å². The molecule has 0 amide bonds. The Morgan fingerprint density at radius 1 is 0.864 bits per heavy atom. The van der Waals surface area contributed by atoms with Crippen molar-refractivity contribution in [3.05, 3.63) is 74.5 Å². The molecule has 7 nitrogen and oxygen atoms in total. The fourth-order valence-electron chi connectivity index (χ4n) is 6.73. The number of rotatable bonds is 8. The zero-order valence-corrected chi connectivity index (χ0v) is 28.4. The van der Waals surface area contributed by atoms with Crippen LogP contribution in [0.3, 0.4) is 0 Å². The topological polar surface area (TPSA) is 90.0 Å². The fraction of sp³-hybridized carbons (Fsp3) is 0.471. The molecule has 236 valence electrons. The maximum absolute atomic E-state index is 14.0. The highest BCUT2D eigenvalue weighted by atomic mass is 35.5. The monoisotopic (exact) mass is 659 g/mol. The van der Waals surface area contributed by atoms with E-state index in [1.165, 1.54) is 24.3 Å². The summed E-state index contributed by atoms with van der Waals surface area (Å²) in [5.74, 6) is -0.692. The molecule has 2 aromatic rings. The number of carbonyl (C=O) groups excluding carboxylic acids is 2. The van der Waals surface area contributed by atoms with Crippen LogP contribution in [0.15, 0.2) is 63.8 Å². The summed E-state index contributed by atoms with van der Waals surface area (Å²) in [5, 5.41) is 0.380. The third-order valence-electron chi connectivity index (χ3n) is 8.43. The van der Waals surface area contributed by atoms with Crippen LogP contribution in [0, 0.1) is 10.8 Å². The van der Waals surface area contributed by atoms with Crippen LogP contribution in [0.2, 0.25) is 10.0 Å². The van der Waals surface area contributed by atoms with E-state index in [0.717, 1.165) is 17.8 Å². The third kappa shape index (κ3) is 6.18. The lowest BCUT2D eigenvalue weighted by Gasteiger charge is -2.49. The Morgan fingerprint density at radius 3 is 1.91 bits per heavy atom. The van der Waals surface area contributed by atoms with Crippen LogP contribution in [0.1, 0.15) is 85.1 Å². The molecule has 10 heteroatoms. The third-order valence-corrected chi connectivity index (χ3v) is 10.2. The van der Waals surface area contributed by atoms with Crippen LogP contribution >= 0.6 is 23.2 Å². The van der Waals surface area contributed by atoms with Gasteiger partial charge >= 0.3 is 10.1 Å². The molecule has 3 aliphatic rings. The van der Waals surface area contributed by atoms with Crippen molar-refractivity contribution in [3.8, 4) is 11.5 Å². The van der Waals surface area contributed by atoms with Gasteiger partial charge in [-0.15, -0.1) is 0 Å². The first-order valence-electron chi connectivity index (χ1n) is 15.0. The molecular weight excluding hydrogens is 621 g/mol. The van der Waals surface area contributed by atoms with E-state index in [9.17, 15) is 18.0 Å². The molecule has 0 bridgehead atoms. The first-order valence-corrected chi connectivity index (χ1v) is 17.2. The fourth-order valence-corrected chi connectivity index (χ4v) is 8.12. The van der Waals surface area contributed by atoms with Crippen molar-refractivity contribution in [1.82, 2.24) is 4.90 Å². The number of halogens is 2. The van der Waals surface area contributed by atoms with E-state index in [1.807, 2.05) is 0 Å². The molecule has 0 saturated carbocycles. The highest BCUT2D eigenvalue weighted by molar-refractivity contribution is 7.87. The van der Waals surface area contributed by atoms with Crippen LogP contribution in [-0.4, -0.2) is 38.0 Å². The van der Waals surface area contributed by atoms with Gasteiger partial charge in [0.05, 0.1) is 11.6 Å². The highest BCUT2D eigenvalue weighted by Gasteiger charge is 2.49. The molecule has 5 rings (SSSR count). The maximum Gasteiger partial charge on any atom is 0.339 e. The van der Waals surface area contributed by atoms with E-state index in [4.69, 9.17) is 32.1 Å². The Morgan fingerprint density at radius 2 is 1.41 bits per heavy atom. The van der Waals surface area contributed by atoms with E-state index in [1.54, 1.807) is 19.1 Å². The molecular formula is C34H39Cl2NO6S. The predicted molar refractivity (Wildman–Crippen MR) is 172 cm³/mol. The van der Waals surface area contributed by atoms with Crippen molar-refractivity contribution in [2.24, 2.45) is 10.8 Å². The summed E-state index contributed by atoms with van der Waals surface area (Å²) in [6.45, 7) is 13.2. The molecule has 1 heterocycles. The smallest absolute Gasteiger partial charge is 0.339 e. The SMILES string of the molecule is CCCN1C2=C(C(=O)CC(C)(C)C2)C(c2cc(Cl)c(OS(=O)(=O)c3ccc(Cl)cc3)c(OCC)c2)C2=C1CC(C)(C)CC2=O. The predicted octanol–water partition coefficient (Wildman–Crippen LogP) is 8.26. The van der Waals surface area contributed by atoms with E-state index < -0.39 is 16.0 Å². The lowest BCUT2D eigenvalue weighted by Crippen LogP contribution is -2.44. The van der Waals surface area contributed by atoms with Crippen molar-refractivity contribution in [2.75, 3.05) is 13.2 Å². The molecule has 2 aliphatic carbocycles. The van der Waals surface area contributed by atoms with Gasteiger partial charge in [-0.25, -0.2) is 0 Å². The Hall–Kier alpha value is -2.81. The molecule has 2 aromatic carbocycles. The highest BCUT2D eigenvalue weighted by Crippen LogP contribution is 2.55. The second-order valence-corrected chi connectivity index (χ2v) is 15.8.